The molecular weight excluding hydrogens is 143 g/mol. The molecular formula is C8H17FN2. The number of likely N-dealkylation sites (N-methyl/N-ethyl adjacent to an activating group) is 1. The molecule has 0 aromatic heterocycles. The van der Waals surface area contributed by atoms with Crippen molar-refractivity contribution < 1.29 is 4.39 Å². The quantitative estimate of drug-likeness (QED) is 0.527. The third-order valence-electron chi connectivity index (χ3n) is 2.23. The van der Waals surface area contributed by atoms with Crippen LogP contribution in [0.5, 0.6) is 0 Å². The molecule has 66 valence electrons. The van der Waals surface area contributed by atoms with Crippen LogP contribution in [0, 0.1) is 0 Å². The zero-order valence-corrected chi connectivity index (χ0v) is 7.55. The second kappa shape index (κ2) is 3.50. The Hall–Kier alpha value is -0.150. The first kappa shape index (κ1) is 8.94. The number of alkyl halides is 1. The van der Waals surface area contributed by atoms with E-state index in [1.807, 2.05) is 30.7 Å². The van der Waals surface area contributed by atoms with Gasteiger partial charge in [-0.2, -0.15) is 0 Å². The molecule has 1 fully saturated rings. The predicted molar refractivity (Wildman–Crippen MR) is 44.2 cm³/mol. The molecule has 0 aliphatic carbocycles. The Morgan fingerprint density at radius 2 is 2.00 bits per heavy atom. The zero-order valence-electron chi connectivity index (χ0n) is 7.55. The molecule has 11 heavy (non-hydrogen) atoms. The Morgan fingerprint density at radius 1 is 1.36 bits per heavy atom. The highest BCUT2D eigenvalue weighted by molar-refractivity contribution is 4.75. The first-order valence-electron chi connectivity index (χ1n) is 4.19. The van der Waals surface area contributed by atoms with Gasteiger partial charge in [0.15, 0.2) is 6.30 Å². The number of hydrogen-bond donors (Lipinski definition) is 0. The highest BCUT2D eigenvalue weighted by atomic mass is 19.1. The van der Waals surface area contributed by atoms with Crippen molar-refractivity contribution in [3.63, 3.8) is 0 Å². The maximum Gasteiger partial charge on any atom is 0.166 e. The number of rotatable bonds is 1. The van der Waals surface area contributed by atoms with E-state index >= 15 is 0 Å². The molecule has 0 radical (unpaired) electrons. The van der Waals surface area contributed by atoms with Crippen LogP contribution in [0.3, 0.4) is 0 Å². The van der Waals surface area contributed by atoms with Crippen LogP contribution in [-0.4, -0.2) is 48.8 Å². The molecule has 1 atom stereocenters. The van der Waals surface area contributed by atoms with Crippen molar-refractivity contribution >= 4 is 0 Å². The number of piperazine rings is 1. The summed E-state index contributed by atoms with van der Waals surface area (Å²) >= 11 is 0. The molecule has 0 saturated carbocycles. The van der Waals surface area contributed by atoms with E-state index in [2.05, 4.69) is 0 Å². The molecule has 0 spiro atoms. The zero-order chi connectivity index (χ0) is 8.43. The van der Waals surface area contributed by atoms with Gasteiger partial charge in [-0.25, -0.2) is 4.39 Å². The van der Waals surface area contributed by atoms with Gasteiger partial charge in [0, 0.05) is 25.7 Å². The minimum absolute atomic E-state index is 0.332. The Kier molecular flexibility index (Phi) is 2.84. The SMILES string of the molecule is CC(C)N1CCN(C)CC1F. The predicted octanol–water partition coefficient (Wildman–Crippen LogP) is 0.938. The van der Waals surface area contributed by atoms with E-state index in [9.17, 15) is 4.39 Å². The van der Waals surface area contributed by atoms with Crippen LogP contribution in [0.4, 0.5) is 4.39 Å². The summed E-state index contributed by atoms with van der Waals surface area (Å²) in [6.45, 7) is 6.47. The highest BCUT2D eigenvalue weighted by Crippen LogP contribution is 2.12. The number of nitrogens with zero attached hydrogens (tertiary/aromatic N) is 2. The fourth-order valence-electron chi connectivity index (χ4n) is 1.46. The van der Waals surface area contributed by atoms with Crippen molar-refractivity contribution in [2.75, 3.05) is 26.7 Å². The van der Waals surface area contributed by atoms with Crippen molar-refractivity contribution in [2.45, 2.75) is 26.2 Å². The van der Waals surface area contributed by atoms with Crippen molar-refractivity contribution in [3.8, 4) is 0 Å². The highest BCUT2D eigenvalue weighted by Gasteiger charge is 2.25. The lowest BCUT2D eigenvalue weighted by Gasteiger charge is -2.37. The lowest BCUT2D eigenvalue weighted by Crippen LogP contribution is -2.52. The lowest BCUT2D eigenvalue weighted by atomic mass is 10.2. The van der Waals surface area contributed by atoms with Crippen LogP contribution < -0.4 is 0 Å². The molecule has 0 aromatic carbocycles. The number of hydrogen-bond acceptors (Lipinski definition) is 2. The van der Waals surface area contributed by atoms with E-state index in [1.54, 1.807) is 0 Å². The van der Waals surface area contributed by atoms with Crippen molar-refractivity contribution in [1.29, 1.82) is 0 Å². The van der Waals surface area contributed by atoms with Crippen LogP contribution in [-0.2, 0) is 0 Å². The van der Waals surface area contributed by atoms with Crippen molar-refractivity contribution in [2.24, 2.45) is 0 Å². The van der Waals surface area contributed by atoms with Crippen molar-refractivity contribution in [3.05, 3.63) is 0 Å². The summed E-state index contributed by atoms with van der Waals surface area (Å²) in [5.41, 5.74) is 0. The van der Waals surface area contributed by atoms with E-state index in [-0.39, 0.29) is 0 Å². The van der Waals surface area contributed by atoms with Crippen LogP contribution in [0.2, 0.25) is 0 Å². The van der Waals surface area contributed by atoms with Crippen LogP contribution >= 0.6 is 0 Å². The van der Waals surface area contributed by atoms with E-state index in [4.69, 9.17) is 0 Å². The Morgan fingerprint density at radius 3 is 2.45 bits per heavy atom. The molecule has 1 unspecified atom stereocenters. The first-order valence-corrected chi connectivity index (χ1v) is 4.19. The van der Waals surface area contributed by atoms with E-state index in [1.165, 1.54) is 0 Å². The van der Waals surface area contributed by atoms with Crippen molar-refractivity contribution in [1.82, 2.24) is 9.80 Å². The van der Waals surface area contributed by atoms with Gasteiger partial charge in [-0.05, 0) is 20.9 Å². The summed E-state index contributed by atoms with van der Waals surface area (Å²) < 4.78 is 13.2. The van der Waals surface area contributed by atoms with Crippen LogP contribution in [0.25, 0.3) is 0 Å². The maximum atomic E-state index is 13.2. The summed E-state index contributed by atoms with van der Waals surface area (Å²) in [5.74, 6) is 0. The van der Waals surface area contributed by atoms with E-state index in [0.717, 1.165) is 13.1 Å². The van der Waals surface area contributed by atoms with Gasteiger partial charge in [0.1, 0.15) is 0 Å². The summed E-state index contributed by atoms with van der Waals surface area (Å²) in [4.78, 5) is 3.93. The molecule has 2 nitrogen and oxygen atoms in total. The monoisotopic (exact) mass is 160 g/mol. The second-order valence-corrected chi connectivity index (χ2v) is 3.53. The third-order valence-corrected chi connectivity index (χ3v) is 2.23. The minimum Gasteiger partial charge on any atom is -0.301 e. The number of halogens is 1. The molecule has 0 aromatic rings. The summed E-state index contributed by atoms with van der Waals surface area (Å²) in [5, 5.41) is 0. The lowest BCUT2D eigenvalue weighted by molar-refractivity contribution is -0.0102. The molecule has 0 N–H and O–H groups in total. The standard InChI is InChI=1S/C8H17FN2/c1-7(2)11-5-4-10(3)6-8(11)9/h7-8H,4-6H2,1-3H3. The average Bonchev–Trinajstić information content (AvgIpc) is 1.85. The maximum absolute atomic E-state index is 13.2. The fourth-order valence-corrected chi connectivity index (χ4v) is 1.46. The third kappa shape index (κ3) is 2.14. The van der Waals surface area contributed by atoms with Gasteiger partial charge in [-0.1, -0.05) is 0 Å². The summed E-state index contributed by atoms with van der Waals surface area (Å²) in [6.07, 6.45) is -0.770. The molecule has 1 saturated heterocycles. The van der Waals surface area contributed by atoms with E-state index < -0.39 is 6.30 Å². The smallest absolute Gasteiger partial charge is 0.166 e. The molecule has 1 aliphatic heterocycles. The van der Waals surface area contributed by atoms with Crippen LogP contribution in [0.1, 0.15) is 13.8 Å². The normalized spacial score (nSPS) is 29.7. The second-order valence-electron chi connectivity index (χ2n) is 3.53. The Labute approximate surface area is 68.0 Å². The fraction of sp³-hybridized carbons (Fsp3) is 1.00. The van der Waals surface area contributed by atoms with Crippen LogP contribution in [0.15, 0.2) is 0 Å². The van der Waals surface area contributed by atoms with Gasteiger partial charge in [-0.15, -0.1) is 0 Å². The first-order chi connectivity index (χ1) is 5.11. The summed E-state index contributed by atoms with van der Waals surface area (Å²) in [7, 11) is 1.96. The minimum atomic E-state index is -0.770. The Bertz CT molecular complexity index is 127. The van der Waals surface area contributed by atoms with Gasteiger partial charge < -0.3 is 4.90 Å². The molecule has 1 rings (SSSR count). The van der Waals surface area contributed by atoms with Gasteiger partial charge in [0.2, 0.25) is 0 Å². The van der Waals surface area contributed by atoms with Gasteiger partial charge >= 0.3 is 0 Å². The topological polar surface area (TPSA) is 6.48 Å². The Balaban J connectivity index is 2.44. The molecule has 0 amide bonds. The molecule has 1 heterocycles. The average molecular weight is 160 g/mol. The van der Waals surface area contributed by atoms with Gasteiger partial charge in [-0.3, -0.25) is 4.90 Å². The van der Waals surface area contributed by atoms with Gasteiger partial charge in [0.05, 0.1) is 0 Å². The van der Waals surface area contributed by atoms with Gasteiger partial charge in [0.25, 0.3) is 0 Å². The molecule has 1 aliphatic rings. The van der Waals surface area contributed by atoms with E-state index in [0.29, 0.717) is 12.6 Å². The molecule has 3 heteroatoms. The molecule has 0 bridgehead atoms. The largest absolute Gasteiger partial charge is 0.301 e. The summed E-state index contributed by atoms with van der Waals surface area (Å²) in [6, 6.07) is 0.332.